The Labute approximate surface area is 126 Å². The van der Waals surface area contributed by atoms with Gasteiger partial charge < -0.3 is 14.8 Å². The number of ether oxygens (including phenoxy) is 2. The molecule has 0 heterocycles. The summed E-state index contributed by atoms with van der Waals surface area (Å²) in [6.45, 7) is -2.51. The molecule has 0 spiro atoms. The summed E-state index contributed by atoms with van der Waals surface area (Å²) in [6.07, 6.45) is 0. The fourth-order valence-corrected chi connectivity index (χ4v) is 2.01. The molecule has 0 fully saturated rings. The van der Waals surface area contributed by atoms with Crippen molar-refractivity contribution < 1.29 is 18.3 Å². The summed E-state index contributed by atoms with van der Waals surface area (Å²) in [6, 6.07) is 11.9. The van der Waals surface area contributed by atoms with Gasteiger partial charge >= 0.3 is 6.61 Å². The van der Waals surface area contributed by atoms with E-state index < -0.39 is 6.61 Å². The lowest BCUT2D eigenvalue weighted by Gasteiger charge is -2.14. The van der Waals surface area contributed by atoms with Crippen LogP contribution in [0.2, 0.25) is 5.02 Å². The Morgan fingerprint density at radius 2 is 1.95 bits per heavy atom. The predicted octanol–water partition coefficient (Wildman–Crippen LogP) is 4.56. The highest BCUT2D eigenvalue weighted by Crippen LogP contribution is 2.31. The second-order valence-corrected chi connectivity index (χ2v) is 4.59. The lowest BCUT2D eigenvalue weighted by atomic mass is 10.2. The molecule has 0 saturated heterocycles. The Bertz CT molecular complexity index is 608. The molecule has 0 unspecified atom stereocenters. The van der Waals surface area contributed by atoms with E-state index in [2.05, 4.69) is 10.1 Å². The van der Waals surface area contributed by atoms with Crippen LogP contribution in [0.3, 0.4) is 0 Å². The number of nitrogens with one attached hydrogen (secondary N) is 1. The van der Waals surface area contributed by atoms with Gasteiger partial charge in [-0.15, -0.1) is 0 Å². The first-order valence-corrected chi connectivity index (χ1v) is 6.58. The average molecular weight is 314 g/mol. The number of alkyl halides is 2. The third kappa shape index (κ3) is 4.23. The summed E-state index contributed by atoms with van der Waals surface area (Å²) in [5.41, 5.74) is 1.26. The molecule has 0 saturated carbocycles. The van der Waals surface area contributed by atoms with Crippen molar-refractivity contribution in [2.24, 2.45) is 0 Å². The van der Waals surface area contributed by atoms with E-state index in [1.54, 1.807) is 18.2 Å². The van der Waals surface area contributed by atoms with Gasteiger partial charge in [0.05, 0.1) is 12.8 Å². The zero-order chi connectivity index (χ0) is 15.2. The van der Waals surface area contributed by atoms with Crippen LogP contribution in [0.1, 0.15) is 5.56 Å². The van der Waals surface area contributed by atoms with Crippen molar-refractivity contribution in [2.75, 3.05) is 12.4 Å². The van der Waals surface area contributed by atoms with Crippen LogP contribution in [0.25, 0.3) is 0 Å². The molecule has 21 heavy (non-hydrogen) atoms. The van der Waals surface area contributed by atoms with E-state index in [1.807, 2.05) is 18.2 Å². The van der Waals surface area contributed by atoms with Gasteiger partial charge in [-0.25, -0.2) is 0 Å². The van der Waals surface area contributed by atoms with Crippen molar-refractivity contribution in [3.8, 4) is 11.5 Å². The number of hydrogen-bond donors (Lipinski definition) is 1. The molecular weight excluding hydrogens is 300 g/mol. The number of halogens is 3. The van der Waals surface area contributed by atoms with Crippen molar-refractivity contribution >= 4 is 17.3 Å². The molecule has 6 heteroatoms. The van der Waals surface area contributed by atoms with Crippen LogP contribution in [-0.2, 0) is 6.54 Å². The Kier molecular flexibility index (Phi) is 5.22. The van der Waals surface area contributed by atoms with Gasteiger partial charge in [-0.1, -0.05) is 29.8 Å². The third-order valence-electron chi connectivity index (χ3n) is 2.83. The normalized spacial score (nSPS) is 10.5. The van der Waals surface area contributed by atoms with Crippen LogP contribution in [0.15, 0.2) is 42.5 Å². The molecule has 112 valence electrons. The smallest absolute Gasteiger partial charge is 0.387 e. The lowest BCUT2D eigenvalue weighted by Crippen LogP contribution is -2.07. The van der Waals surface area contributed by atoms with Gasteiger partial charge in [0.1, 0.15) is 11.5 Å². The largest absolute Gasteiger partial charge is 0.497 e. The van der Waals surface area contributed by atoms with E-state index in [4.69, 9.17) is 16.3 Å². The van der Waals surface area contributed by atoms with Crippen molar-refractivity contribution in [2.45, 2.75) is 13.2 Å². The summed E-state index contributed by atoms with van der Waals surface area (Å²) in [7, 11) is 1.50. The lowest BCUT2D eigenvalue weighted by molar-refractivity contribution is -0.0494. The van der Waals surface area contributed by atoms with Gasteiger partial charge in [-0.05, 0) is 23.8 Å². The molecule has 1 N–H and O–H groups in total. The number of benzene rings is 2. The quantitative estimate of drug-likeness (QED) is 0.848. The predicted molar refractivity (Wildman–Crippen MR) is 78.4 cm³/mol. The number of rotatable bonds is 6. The topological polar surface area (TPSA) is 30.5 Å². The second-order valence-electron chi connectivity index (χ2n) is 4.19. The Balaban J connectivity index is 2.18. The Morgan fingerprint density at radius 1 is 1.19 bits per heavy atom. The maximum absolute atomic E-state index is 12.4. The van der Waals surface area contributed by atoms with E-state index in [0.29, 0.717) is 23.0 Å². The zero-order valence-corrected chi connectivity index (χ0v) is 12.0. The third-order valence-corrected chi connectivity index (χ3v) is 3.20. The Hall–Kier alpha value is -2.01. The van der Waals surface area contributed by atoms with Gasteiger partial charge in [0, 0.05) is 17.6 Å². The van der Waals surface area contributed by atoms with Crippen LogP contribution in [-0.4, -0.2) is 13.7 Å². The molecule has 0 radical (unpaired) electrons. The van der Waals surface area contributed by atoms with Crippen molar-refractivity contribution in [3.63, 3.8) is 0 Å². The highest BCUT2D eigenvalue weighted by molar-refractivity contribution is 6.31. The minimum atomic E-state index is -2.89. The average Bonchev–Trinajstić information content (AvgIpc) is 2.47. The molecule has 0 atom stereocenters. The van der Waals surface area contributed by atoms with Gasteiger partial charge in [0.25, 0.3) is 0 Å². The Morgan fingerprint density at radius 3 is 2.62 bits per heavy atom. The summed E-state index contributed by atoms with van der Waals surface area (Å²) in [5.74, 6) is 0.594. The van der Waals surface area contributed by atoms with Crippen LogP contribution in [0.5, 0.6) is 11.5 Å². The first-order valence-electron chi connectivity index (χ1n) is 6.20. The molecule has 2 aromatic carbocycles. The van der Waals surface area contributed by atoms with Crippen LogP contribution in [0, 0.1) is 0 Å². The van der Waals surface area contributed by atoms with Crippen LogP contribution < -0.4 is 14.8 Å². The highest BCUT2D eigenvalue weighted by Gasteiger charge is 2.11. The van der Waals surface area contributed by atoms with E-state index in [9.17, 15) is 8.78 Å². The molecule has 0 aliphatic heterocycles. The number of methoxy groups -OCH3 is 1. The number of anilines is 1. The maximum Gasteiger partial charge on any atom is 0.387 e. The first kappa shape index (κ1) is 15.4. The van der Waals surface area contributed by atoms with Gasteiger partial charge in [0.2, 0.25) is 0 Å². The monoisotopic (exact) mass is 313 g/mol. The molecule has 0 aliphatic rings. The molecule has 0 bridgehead atoms. The first-order chi connectivity index (χ1) is 10.1. The summed E-state index contributed by atoms with van der Waals surface area (Å²) < 4.78 is 34.4. The van der Waals surface area contributed by atoms with Crippen LogP contribution >= 0.6 is 11.6 Å². The van der Waals surface area contributed by atoms with Gasteiger partial charge in [-0.2, -0.15) is 8.78 Å². The minimum absolute atomic E-state index is 0.0536. The summed E-state index contributed by atoms with van der Waals surface area (Å²) >= 11 is 6.06. The van der Waals surface area contributed by atoms with E-state index >= 15 is 0 Å². The zero-order valence-electron chi connectivity index (χ0n) is 11.3. The maximum atomic E-state index is 12.4. The molecule has 0 aromatic heterocycles. The molecule has 0 amide bonds. The molecule has 2 rings (SSSR count). The molecule has 3 nitrogen and oxygen atoms in total. The molecular formula is C15H14ClF2NO2. The highest BCUT2D eigenvalue weighted by atomic mass is 35.5. The van der Waals surface area contributed by atoms with Crippen molar-refractivity contribution in [1.29, 1.82) is 0 Å². The number of hydrogen-bond acceptors (Lipinski definition) is 3. The summed E-state index contributed by atoms with van der Waals surface area (Å²) in [4.78, 5) is 0. The van der Waals surface area contributed by atoms with E-state index in [-0.39, 0.29) is 5.75 Å². The molecule has 2 aromatic rings. The standard InChI is InChI=1S/C15H14ClF2NO2/c1-20-11-6-7-14(21-15(17)18)13(8-11)19-9-10-4-2-3-5-12(10)16/h2-8,15,19H,9H2,1H3. The fourth-order valence-electron chi connectivity index (χ4n) is 1.81. The SMILES string of the molecule is COc1ccc(OC(F)F)c(NCc2ccccc2Cl)c1. The molecule has 0 aliphatic carbocycles. The van der Waals surface area contributed by atoms with Crippen molar-refractivity contribution in [1.82, 2.24) is 0 Å². The minimum Gasteiger partial charge on any atom is -0.497 e. The van der Waals surface area contributed by atoms with E-state index in [0.717, 1.165) is 5.56 Å². The fraction of sp³-hybridized carbons (Fsp3) is 0.200. The van der Waals surface area contributed by atoms with Crippen LogP contribution in [0.4, 0.5) is 14.5 Å². The van der Waals surface area contributed by atoms with E-state index in [1.165, 1.54) is 13.2 Å². The van der Waals surface area contributed by atoms with Gasteiger partial charge in [-0.3, -0.25) is 0 Å². The summed E-state index contributed by atoms with van der Waals surface area (Å²) in [5, 5.41) is 3.63. The van der Waals surface area contributed by atoms with Gasteiger partial charge in [0.15, 0.2) is 0 Å². The van der Waals surface area contributed by atoms with Crippen molar-refractivity contribution in [3.05, 3.63) is 53.1 Å². The second kappa shape index (κ2) is 7.13.